The molecule has 1 amide bonds. The summed E-state index contributed by atoms with van der Waals surface area (Å²) < 4.78 is 44.1. The summed E-state index contributed by atoms with van der Waals surface area (Å²) >= 11 is 0. The maximum absolute atomic E-state index is 12.8. The lowest BCUT2D eigenvalue weighted by atomic mass is 10.1. The highest BCUT2D eigenvalue weighted by Crippen LogP contribution is 2.31. The van der Waals surface area contributed by atoms with Gasteiger partial charge in [0.1, 0.15) is 5.52 Å². The number of benzene rings is 3. The van der Waals surface area contributed by atoms with Crippen LogP contribution in [0.15, 0.2) is 71.1 Å². The lowest BCUT2D eigenvalue weighted by Crippen LogP contribution is -2.48. The second-order valence-corrected chi connectivity index (χ2v) is 8.68. The topological polar surface area (TPSA) is 87.6 Å². The molecule has 3 N–H and O–H groups in total. The molecule has 36 heavy (non-hydrogen) atoms. The van der Waals surface area contributed by atoms with Gasteiger partial charge in [0, 0.05) is 48.8 Å². The molecule has 3 aromatic carbocycles. The number of hydrogen-bond donors (Lipinski definition) is 2. The quantitative estimate of drug-likeness (QED) is 0.385. The predicted molar refractivity (Wildman–Crippen MR) is 133 cm³/mol. The van der Waals surface area contributed by atoms with Gasteiger partial charge in [-0.2, -0.15) is 13.2 Å². The number of rotatable bonds is 5. The summed E-state index contributed by atoms with van der Waals surface area (Å²) in [4.78, 5) is 21.1. The zero-order valence-electron chi connectivity index (χ0n) is 19.3. The molecule has 0 unspecified atom stereocenters. The van der Waals surface area contributed by atoms with Gasteiger partial charge in [-0.25, -0.2) is 4.98 Å². The minimum absolute atomic E-state index is 0.136. The number of alkyl halides is 3. The molecule has 0 bridgehead atoms. The maximum Gasteiger partial charge on any atom is 0.416 e. The smallest absolute Gasteiger partial charge is 0.416 e. The van der Waals surface area contributed by atoms with Crippen LogP contribution < -0.4 is 16.0 Å². The van der Waals surface area contributed by atoms with E-state index in [1.165, 1.54) is 12.1 Å². The third kappa shape index (κ3) is 5.28. The Labute approximate surface area is 205 Å². The van der Waals surface area contributed by atoms with Gasteiger partial charge in [-0.05, 0) is 66.7 Å². The second-order valence-electron chi connectivity index (χ2n) is 8.68. The highest BCUT2D eigenvalue weighted by atomic mass is 19.4. The molecule has 5 rings (SSSR count). The first kappa shape index (κ1) is 23.7. The molecule has 1 fully saturated rings. The second kappa shape index (κ2) is 9.54. The summed E-state index contributed by atoms with van der Waals surface area (Å²) in [5.74, 6) is 0.336. The first-order valence-electron chi connectivity index (χ1n) is 11.5. The van der Waals surface area contributed by atoms with Crippen molar-refractivity contribution in [2.45, 2.75) is 6.18 Å². The number of amides is 1. The van der Waals surface area contributed by atoms with Crippen LogP contribution in [0.1, 0.15) is 5.56 Å². The lowest BCUT2D eigenvalue weighted by molar-refractivity contribution is -0.137. The standard InChI is InChI=1S/C26H24F3N5O2/c27-26(28,29)18-3-8-21(9-4-18)34-13-11-33(12-14-34)16-24(35)31-20-6-1-17(2-7-20)25-32-22-15-19(30)5-10-23(22)36-25/h1-10,15H,11-14,16,30H2,(H,31,35). The monoisotopic (exact) mass is 495 g/mol. The normalized spacial score (nSPS) is 14.8. The molecule has 1 aromatic heterocycles. The van der Waals surface area contributed by atoms with Crippen molar-refractivity contribution in [3.8, 4) is 11.5 Å². The van der Waals surface area contributed by atoms with E-state index in [-0.39, 0.29) is 12.5 Å². The van der Waals surface area contributed by atoms with Crippen molar-refractivity contribution in [1.82, 2.24) is 9.88 Å². The molecule has 186 valence electrons. The fourth-order valence-electron chi connectivity index (χ4n) is 4.19. The zero-order chi connectivity index (χ0) is 25.3. The molecular weight excluding hydrogens is 471 g/mol. The van der Waals surface area contributed by atoms with Gasteiger partial charge in [0.05, 0.1) is 12.1 Å². The average Bonchev–Trinajstić information content (AvgIpc) is 3.28. The van der Waals surface area contributed by atoms with Crippen LogP contribution in [0.4, 0.5) is 30.2 Å². The van der Waals surface area contributed by atoms with Gasteiger partial charge in [-0.3, -0.25) is 9.69 Å². The number of carbonyl (C=O) groups is 1. The van der Waals surface area contributed by atoms with E-state index >= 15 is 0 Å². The van der Waals surface area contributed by atoms with E-state index in [9.17, 15) is 18.0 Å². The van der Waals surface area contributed by atoms with Crippen LogP contribution in [0.5, 0.6) is 0 Å². The van der Waals surface area contributed by atoms with Crippen LogP contribution in [0, 0.1) is 0 Å². The molecule has 1 aliphatic heterocycles. The molecule has 0 aliphatic carbocycles. The average molecular weight is 496 g/mol. The number of fused-ring (bicyclic) bond motifs is 1. The van der Waals surface area contributed by atoms with Crippen molar-refractivity contribution >= 4 is 34.1 Å². The predicted octanol–water partition coefficient (Wildman–Crippen LogP) is 4.86. The summed E-state index contributed by atoms with van der Waals surface area (Å²) in [6.45, 7) is 2.76. The third-order valence-corrected chi connectivity index (χ3v) is 6.13. The van der Waals surface area contributed by atoms with Crippen LogP contribution in [0.25, 0.3) is 22.6 Å². The van der Waals surface area contributed by atoms with Crippen molar-refractivity contribution in [3.63, 3.8) is 0 Å². The van der Waals surface area contributed by atoms with Gasteiger partial charge >= 0.3 is 6.18 Å². The van der Waals surface area contributed by atoms with Crippen molar-refractivity contribution in [2.75, 3.05) is 48.7 Å². The first-order chi connectivity index (χ1) is 17.2. The fraction of sp³-hybridized carbons (Fsp3) is 0.231. The number of piperazine rings is 1. The molecule has 0 saturated carbocycles. The maximum atomic E-state index is 12.8. The van der Waals surface area contributed by atoms with Crippen LogP contribution in [0.2, 0.25) is 0 Å². The Balaban J connectivity index is 1.12. The summed E-state index contributed by atoms with van der Waals surface area (Å²) in [7, 11) is 0. The van der Waals surface area contributed by atoms with Crippen LogP contribution in [-0.4, -0.2) is 48.5 Å². The van der Waals surface area contributed by atoms with Gasteiger partial charge in [0.2, 0.25) is 11.8 Å². The lowest BCUT2D eigenvalue weighted by Gasteiger charge is -2.35. The highest BCUT2D eigenvalue weighted by molar-refractivity contribution is 5.92. The van der Waals surface area contributed by atoms with Crippen molar-refractivity contribution in [1.29, 1.82) is 0 Å². The highest BCUT2D eigenvalue weighted by Gasteiger charge is 2.30. The van der Waals surface area contributed by atoms with E-state index in [0.717, 1.165) is 23.4 Å². The minimum Gasteiger partial charge on any atom is -0.436 e. The van der Waals surface area contributed by atoms with Gasteiger partial charge in [0.25, 0.3) is 0 Å². The number of hydrogen-bond acceptors (Lipinski definition) is 6. The Morgan fingerprint density at radius 1 is 0.972 bits per heavy atom. The van der Waals surface area contributed by atoms with Crippen molar-refractivity contribution in [3.05, 3.63) is 72.3 Å². The van der Waals surface area contributed by atoms with Crippen molar-refractivity contribution < 1.29 is 22.4 Å². The molecule has 1 aliphatic rings. The molecule has 10 heteroatoms. The number of aromatic nitrogens is 1. The SMILES string of the molecule is Nc1ccc2oc(-c3ccc(NC(=O)CN4CCN(c5ccc(C(F)(F)F)cc5)CC4)cc3)nc2c1. The molecule has 7 nitrogen and oxygen atoms in total. The van der Waals surface area contributed by atoms with E-state index in [1.807, 2.05) is 21.9 Å². The number of nitrogens with two attached hydrogens (primary N) is 1. The number of halogens is 3. The van der Waals surface area contributed by atoms with E-state index in [1.54, 1.807) is 30.3 Å². The Kier molecular flexibility index (Phi) is 6.27. The Bertz CT molecular complexity index is 1360. The molecule has 0 radical (unpaired) electrons. The molecule has 4 aromatic rings. The minimum atomic E-state index is -4.34. The Morgan fingerprint density at radius 3 is 2.33 bits per heavy atom. The molecule has 2 heterocycles. The van der Waals surface area contributed by atoms with Crippen LogP contribution in [-0.2, 0) is 11.0 Å². The number of oxazole rings is 1. The molecule has 0 atom stereocenters. The number of nitrogens with one attached hydrogen (secondary N) is 1. The Morgan fingerprint density at radius 2 is 1.67 bits per heavy atom. The van der Waals surface area contributed by atoms with E-state index in [4.69, 9.17) is 10.2 Å². The van der Waals surface area contributed by atoms with Gasteiger partial charge in [-0.1, -0.05) is 0 Å². The number of carbonyl (C=O) groups excluding carboxylic acids is 1. The van der Waals surface area contributed by atoms with Gasteiger partial charge in [-0.15, -0.1) is 0 Å². The van der Waals surface area contributed by atoms with E-state index in [2.05, 4.69) is 10.3 Å². The van der Waals surface area contributed by atoms with Crippen LogP contribution in [0.3, 0.4) is 0 Å². The zero-order valence-corrected chi connectivity index (χ0v) is 19.3. The summed E-state index contributed by atoms with van der Waals surface area (Å²) in [6.07, 6.45) is -4.34. The number of anilines is 3. The first-order valence-corrected chi connectivity index (χ1v) is 11.5. The largest absolute Gasteiger partial charge is 0.436 e. The summed E-state index contributed by atoms with van der Waals surface area (Å²) in [5, 5.41) is 2.90. The van der Waals surface area contributed by atoms with E-state index < -0.39 is 11.7 Å². The van der Waals surface area contributed by atoms with Gasteiger partial charge in [0.15, 0.2) is 5.58 Å². The fourth-order valence-corrected chi connectivity index (χ4v) is 4.19. The van der Waals surface area contributed by atoms with Gasteiger partial charge < -0.3 is 20.4 Å². The summed E-state index contributed by atoms with van der Waals surface area (Å²) in [6, 6.07) is 17.7. The van der Waals surface area contributed by atoms with Crippen LogP contribution >= 0.6 is 0 Å². The third-order valence-electron chi connectivity index (χ3n) is 6.13. The Hall–Kier alpha value is -4.05. The number of nitrogens with zero attached hydrogens (tertiary/aromatic N) is 3. The molecule has 0 spiro atoms. The number of nitrogen functional groups attached to an aromatic ring is 1. The van der Waals surface area contributed by atoms with E-state index in [0.29, 0.717) is 54.5 Å². The summed E-state index contributed by atoms with van der Waals surface area (Å²) in [5.41, 5.74) is 9.26. The molecule has 1 saturated heterocycles. The van der Waals surface area contributed by atoms with Crippen molar-refractivity contribution in [2.24, 2.45) is 0 Å². The molecular formula is C26H24F3N5O2.